The van der Waals surface area contributed by atoms with Crippen molar-refractivity contribution in [3.05, 3.63) is 35.4 Å². The molecule has 1 heterocycles. The van der Waals surface area contributed by atoms with E-state index in [1.807, 2.05) is 0 Å². The SMILES string of the molecule is CC1CNC(c2cccc(F)c2F)CS1(=O)=O. The largest absolute Gasteiger partial charge is 0.308 e. The summed E-state index contributed by atoms with van der Waals surface area (Å²) >= 11 is 0. The van der Waals surface area contributed by atoms with E-state index in [-0.39, 0.29) is 17.9 Å². The molecule has 0 radical (unpaired) electrons. The van der Waals surface area contributed by atoms with Gasteiger partial charge in [0.15, 0.2) is 21.5 Å². The van der Waals surface area contributed by atoms with Gasteiger partial charge < -0.3 is 5.32 Å². The van der Waals surface area contributed by atoms with Crippen LogP contribution < -0.4 is 5.32 Å². The van der Waals surface area contributed by atoms with Gasteiger partial charge >= 0.3 is 0 Å². The standard InChI is InChI=1S/C11H13F2NO2S/c1-7-5-14-10(6-17(7,15)16)8-3-2-4-9(12)11(8)13/h2-4,7,10,14H,5-6H2,1H3. The second kappa shape index (κ2) is 4.34. The molecule has 2 rings (SSSR count). The molecule has 3 nitrogen and oxygen atoms in total. The predicted octanol–water partition coefficient (Wildman–Crippen LogP) is 1.41. The first-order valence-corrected chi connectivity index (χ1v) is 7.02. The Morgan fingerprint density at radius 2 is 2.06 bits per heavy atom. The van der Waals surface area contributed by atoms with Crippen molar-refractivity contribution < 1.29 is 17.2 Å². The summed E-state index contributed by atoms with van der Waals surface area (Å²) in [6, 6.07) is 3.12. The number of hydrogen-bond acceptors (Lipinski definition) is 3. The van der Waals surface area contributed by atoms with Crippen LogP contribution in [0.4, 0.5) is 8.78 Å². The molecule has 17 heavy (non-hydrogen) atoms. The van der Waals surface area contributed by atoms with Gasteiger partial charge in [0.05, 0.1) is 11.0 Å². The first-order valence-electron chi connectivity index (χ1n) is 5.30. The molecule has 0 bridgehead atoms. The Bertz CT molecular complexity index is 530. The predicted molar refractivity (Wildman–Crippen MR) is 60.4 cm³/mol. The minimum Gasteiger partial charge on any atom is -0.308 e. The molecule has 2 atom stereocenters. The van der Waals surface area contributed by atoms with Crippen molar-refractivity contribution in [2.75, 3.05) is 12.3 Å². The quantitative estimate of drug-likeness (QED) is 0.831. The lowest BCUT2D eigenvalue weighted by molar-refractivity contribution is 0.458. The van der Waals surface area contributed by atoms with Crippen molar-refractivity contribution in [3.63, 3.8) is 0 Å². The third kappa shape index (κ3) is 2.32. The summed E-state index contributed by atoms with van der Waals surface area (Å²) in [6.45, 7) is 1.85. The molecule has 6 heteroatoms. The maximum absolute atomic E-state index is 13.5. The van der Waals surface area contributed by atoms with Crippen molar-refractivity contribution in [1.29, 1.82) is 0 Å². The number of benzene rings is 1. The van der Waals surface area contributed by atoms with Crippen LogP contribution >= 0.6 is 0 Å². The zero-order valence-electron chi connectivity index (χ0n) is 9.28. The molecule has 0 spiro atoms. The molecule has 1 aliphatic rings. The lowest BCUT2D eigenvalue weighted by atomic mass is 10.1. The lowest BCUT2D eigenvalue weighted by Gasteiger charge is -2.28. The van der Waals surface area contributed by atoms with E-state index in [1.165, 1.54) is 12.1 Å². The van der Waals surface area contributed by atoms with Crippen LogP contribution in [0.2, 0.25) is 0 Å². The van der Waals surface area contributed by atoms with Gasteiger partial charge in [0.25, 0.3) is 0 Å². The molecule has 1 N–H and O–H groups in total. The van der Waals surface area contributed by atoms with E-state index in [9.17, 15) is 17.2 Å². The molecule has 94 valence electrons. The summed E-state index contributed by atoms with van der Waals surface area (Å²) in [5.74, 6) is -2.13. The summed E-state index contributed by atoms with van der Waals surface area (Å²) in [7, 11) is -3.24. The smallest absolute Gasteiger partial charge is 0.163 e. The zero-order chi connectivity index (χ0) is 12.6. The lowest BCUT2D eigenvalue weighted by Crippen LogP contribution is -2.44. The Hall–Kier alpha value is -1.01. The molecule has 1 aliphatic heterocycles. The van der Waals surface area contributed by atoms with E-state index >= 15 is 0 Å². The third-order valence-electron chi connectivity index (χ3n) is 3.02. The minimum absolute atomic E-state index is 0.0699. The molecule has 1 saturated heterocycles. The monoisotopic (exact) mass is 261 g/mol. The fourth-order valence-corrected chi connectivity index (χ4v) is 3.32. The summed E-state index contributed by atoms with van der Waals surface area (Å²) in [5, 5.41) is 2.43. The summed E-state index contributed by atoms with van der Waals surface area (Å²) in [4.78, 5) is 0. The summed E-state index contributed by atoms with van der Waals surface area (Å²) < 4.78 is 50.0. The van der Waals surface area contributed by atoms with E-state index < -0.39 is 32.8 Å². The van der Waals surface area contributed by atoms with Gasteiger partial charge in [-0.05, 0) is 13.0 Å². The van der Waals surface area contributed by atoms with Gasteiger partial charge in [0.1, 0.15) is 0 Å². The van der Waals surface area contributed by atoms with Crippen LogP contribution in [0.15, 0.2) is 18.2 Å². The van der Waals surface area contributed by atoms with Crippen LogP contribution in [0.5, 0.6) is 0 Å². The molecule has 1 fully saturated rings. The van der Waals surface area contributed by atoms with Gasteiger partial charge in [-0.15, -0.1) is 0 Å². The molecule has 0 amide bonds. The van der Waals surface area contributed by atoms with Gasteiger partial charge in [0.2, 0.25) is 0 Å². The number of hydrogen-bond donors (Lipinski definition) is 1. The van der Waals surface area contributed by atoms with Gasteiger partial charge in [-0.1, -0.05) is 12.1 Å². The average Bonchev–Trinajstić information content (AvgIpc) is 2.26. The van der Waals surface area contributed by atoms with Crippen LogP contribution in [0, 0.1) is 11.6 Å². The Labute approximate surface area is 98.8 Å². The highest BCUT2D eigenvalue weighted by Gasteiger charge is 2.33. The van der Waals surface area contributed by atoms with Crippen molar-refractivity contribution in [2.24, 2.45) is 0 Å². The highest BCUT2D eigenvalue weighted by Crippen LogP contribution is 2.24. The Kier molecular flexibility index (Phi) is 3.18. The first kappa shape index (κ1) is 12.4. The average molecular weight is 261 g/mol. The van der Waals surface area contributed by atoms with Crippen molar-refractivity contribution in [1.82, 2.24) is 5.32 Å². The second-order valence-electron chi connectivity index (χ2n) is 4.24. The molecule has 0 aromatic heterocycles. The Morgan fingerprint density at radius 3 is 2.71 bits per heavy atom. The highest BCUT2D eigenvalue weighted by molar-refractivity contribution is 7.92. The molecule has 1 aromatic rings. The molecule has 0 aliphatic carbocycles. The normalized spacial score (nSPS) is 27.9. The van der Waals surface area contributed by atoms with Gasteiger partial charge in [0, 0.05) is 18.2 Å². The van der Waals surface area contributed by atoms with Crippen LogP contribution in [-0.2, 0) is 9.84 Å². The molecule has 0 saturated carbocycles. The fourth-order valence-electron chi connectivity index (χ4n) is 1.88. The molecular formula is C11H13F2NO2S. The van der Waals surface area contributed by atoms with E-state index in [0.29, 0.717) is 0 Å². The maximum Gasteiger partial charge on any atom is 0.163 e. The van der Waals surface area contributed by atoms with Crippen LogP contribution in [-0.4, -0.2) is 26.0 Å². The van der Waals surface area contributed by atoms with Crippen LogP contribution in [0.3, 0.4) is 0 Å². The summed E-state index contributed by atoms with van der Waals surface area (Å²) in [5.41, 5.74) is 0.0699. The number of nitrogens with one attached hydrogen (secondary N) is 1. The Balaban J connectivity index is 2.33. The molecule has 2 unspecified atom stereocenters. The van der Waals surface area contributed by atoms with Gasteiger partial charge in [-0.2, -0.15) is 0 Å². The number of sulfone groups is 1. The highest BCUT2D eigenvalue weighted by atomic mass is 32.2. The van der Waals surface area contributed by atoms with Gasteiger partial charge in [-0.25, -0.2) is 17.2 Å². The number of halogens is 2. The van der Waals surface area contributed by atoms with Crippen LogP contribution in [0.1, 0.15) is 18.5 Å². The zero-order valence-corrected chi connectivity index (χ0v) is 10.1. The third-order valence-corrected chi connectivity index (χ3v) is 5.21. The fraction of sp³-hybridized carbons (Fsp3) is 0.455. The molecular weight excluding hydrogens is 248 g/mol. The molecule has 1 aromatic carbocycles. The van der Waals surface area contributed by atoms with Crippen molar-refractivity contribution >= 4 is 9.84 Å². The second-order valence-corrected chi connectivity index (χ2v) is 6.71. The van der Waals surface area contributed by atoms with E-state index in [4.69, 9.17) is 0 Å². The first-order chi connectivity index (χ1) is 7.92. The maximum atomic E-state index is 13.5. The Morgan fingerprint density at radius 1 is 1.35 bits per heavy atom. The number of rotatable bonds is 1. The topological polar surface area (TPSA) is 46.2 Å². The van der Waals surface area contributed by atoms with Crippen LogP contribution in [0.25, 0.3) is 0 Å². The van der Waals surface area contributed by atoms with E-state index in [0.717, 1.165) is 6.07 Å². The van der Waals surface area contributed by atoms with Gasteiger partial charge in [-0.3, -0.25) is 0 Å². The van der Waals surface area contributed by atoms with E-state index in [1.54, 1.807) is 6.92 Å². The minimum atomic E-state index is -3.24. The summed E-state index contributed by atoms with van der Waals surface area (Å²) in [6.07, 6.45) is 0. The van der Waals surface area contributed by atoms with E-state index in [2.05, 4.69) is 5.32 Å². The van der Waals surface area contributed by atoms with Crippen molar-refractivity contribution in [3.8, 4) is 0 Å². The van der Waals surface area contributed by atoms with Crippen molar-refractivity contribution in [2.45, 2.75) is 18.2 Å².